The summed E-state index contributed by atoms with van der Waals surface area (Å²) in [4.78, 5) is 33.5. The van der Waals surface area contributed by atoms with Crippen molar-refractivity contribution < 1.29 is 19.1 Å². The van der Waals surface area contributed by atoms with Gasteiger partial charge in [0, 0.05) is 47.2 Å². The van der Waals surface area contributed by atoms with Crippen molar-refractivity contribution in [2.75, 3.05) is 11.9 Å². The fraction of sp³-hybridized carbons (Fsp3) is 0.323. The molecule has 4 heterocycles. The first kappa shape index (κ1) is 25.3. The molecular formula is C31H25Cl2FN4O3. The Labute approximate surface area is 244 Å². The zero-order chi connectivity index (χ0) is 28.2. The van der Waals surface area contributed by atoms with Crippen LogP contribution in [0.1, 0.15) is 58.4 Å². The van der Waals surface area contributed by atoms with Crippen LogP contribution < -0.4 is 5.32 Å². The van der Waals surface area contributed by atoms with E-state index in [0.717, 1.165) is 36.2 Å². The summed E-state index contributed by atoms with van der Waals surface area (Å²) in [5.74, 6) is -1.59. The van der Waals surface area contributed by atoms with E-state index in [-0.39, 0.29) is 28.5 Å². The summed E-state index contributed by atoms with van der Waals surface area (Å²) in [6, 6.07) is 15.3. The van der Waals surface area contributed by atoms with Crippen molar-refractivity contribution >= 4 is 51.8 Å². The Kier molecular flexibility index (Phi) is 5.40. The number of carboxylic acid groups (broad SMARTS) is 1. The summed E-state index contributed by atoms with van der Waals surface area (Å²) >= 11 is 12.7. The van der Waals surface area contributed by atoms with E-state index in [9.17, 15) is 14.7 Å². The van der Waals surface area contributed by atoms with E-state index in [4.69, 9.17) is 28.2 Å². The third-order valence-electron chi connectivity index (χ3n) is 9.50. The molecule has 1 aliphatic carbocycles. The van der Waals surface area contributed by atoms with Gasteiger partial charge in [-0.15, -0.1) is 0 Å². The van der Waals surface area contributed by atoms with Crippen molar-refractivity contribution in [1.29, 1.82) is 0 Å². The van der Waals surface area contributed by atoms with Crippen molar-refractivity contribution in [2.24, 2.45) is 5.92 Å². The van der Waals surface area contributed by atoms with Gasteiger partial charge in [0.05, 0.1) is 21.6 Å². The van der Waals surface area contributed by atoms with E-state index < -0.39 is 23.2 Å². The Morgan fingerprint density at radius 1 is 1.12 bits per heavy atom. The van der Waals surface area contributed by atoms with Crippen LogP contribution in [0.15, 0.2) is 54.6 Å². The van der Waals surface area contributed by atoms with Crippen LogP contribution >= 0.6 is 23.2 Å². The van der Waals surface area contributed by atoms with Gasteiger partial charge in [-0.1, -0.05) is 41.4 Å². The number of likely N-dealkylation sites (tertiary alicyclic amines) is 1. The van der Waals surface area contributed by atoms with Gasteiger partial charge in [0.25, 0.3) is 0 Å². The van der Waals surface area contributed by atoms with E-state index >= 15 is 4.39 Å². The third kappa shape index (κ3) is 3.44. The van der Waals surface area contributed by atoms with Gasteiger partial charge in [-0.2, -0.15) is 0 Å². The van der Waals surface area contributed by atoms with Crippen LogP contribution in [0.4, 0.5) is 10.1 Å². The highest BCUT2D eigenvalue weighted by atomic mass is 35.5. The number of hydrogen-bond donors (Lipinski definition) is 2. The summed E-state index contributed by atoms with van der Waals surface area (Å²) in [6.45, 7) is 1.36. The van der Waals surface area contributed by atoms with Crippen molar-refractivity contribution in [3.63, 3.8) is 0 Å². The molecule has 1 amide bonds. The highest BCUT2D eigenvalue weighted by Crippen LogP contribution is 2.64. The fourth-order valence-corrected chi connectivity index (χ4v) is 8.08. The molecule has 3 aliphatic heterocycles. The van der Waals surface area contributed by atoms with Crippen molar-refractivity contribution in [1.82, 2.24) is 14.5 Å². The van der Waals surface area contributed by atoms with Crippen LogP contribution in [-0.4, -0.2) is 44.0 Å². The Hall–Kier alpha value is -3.46. The summed E-state index contributed by atoms with van der Waals surface area (Å²) in [5, 5.41) is 13.2. The minimum atomic E-state index is -1.21. The molecule has 1 aromatic heterocycles. The third-order valence-corrected chi connectivity index (χ3v) is 10.0. The van der Waals surface area contributed by atoms with E-state index in [0.29, 0.717) is 40.8 Å². The molecule has 10 heteroatoms. The topological polar surface area (TPSA) is 87.5 Å². The van der Waals surface area contributed by atoms with E-state index in [1.165, 1.54) is 6.07 Å². The number of imidazole rings is 1. The quantitative estimate of drug-likeness (QED) is 0.287. The van der Waals surface area contributed by atoms with Crippen molar-refractivity contribution in [3.8, 4) is 0 Å². The van der Waals surface area contributed by atoms with E-state index in [1.807, 2.05) is 6.07 Å². The normalized spacial score (nSPS) is 26.7. The molecule has 2 N–H and O–H groups in total. The number of carboxylic acids is 1. The number of fused-ring (bicyclic) bond motifs is 7. The van der Waals surface area contributed by atoms with Crippen LogP contribution in [0.5, 0.6) is 0 Å². The summed E-state index contributed by atoms with van der Waals surface area (Å²) in [7, 11) is 0. The van der Waals surface area contributed by atoms with Crippen molar-refractivity contribution in [3.05, 3.63) is 93.0 Å². The first-order valence-electron chi connectivity index (χ1n) is 13.8. The number of carbonyl (C=O) groups excluding carboxylic acids is 1. The molecule has 4 atom stereocenters. The Balaban J connectivity index is 1.43. The van der Waals surface area contributed by atoms with E-state index in [1.54, 1.807) is 42.5 Å². The number of aromatic carboxylic acids is 1. The number of nitrogens with zero attached hydrogens (tertiary/aromatic N) is 3. The van der Waals surface area contributed by atoms with Gasteiger partial charge in [-0.3, -0.25) is 9.69 Å². The standard InChI is InChI=1S/C31H25Cl2FN4O3/c32-17-7-8-19-21(13-17)36-30(41)31(19)26(18-2-1-3-20(33)27(18)34)25-24(38(31)14-15-4-5-15)10-11-37-23-9-6-16(29(39)40)12-22(23)35-28(25)37/h1-3,6-9,12-13,15,24-26H,4-5,10-11,14H2,(H,36,41)(H,39,40)/t24-,25+,26+,31-/m1/s1. The average Bonchev–Trinajstić information content (AvgIpc) is 3.53. The van der Waals surface area contributed by atoms with Crippen LogP contribution in [0.3, 0.4) is 0 Å². The number of carbonyl (C=O) groups is 2. The van der Waals surface area contributed by atoms with Crippen molar-refractivity contribution in [2.45, 2.75) is 49.2 Å². The summed E-state index contributed by atoms with van der Waals surface area (Å²) < 4.78 is 18.3. The zero-order valence-electron chi connectivity index (χ0n) is 21.8. The number of aryl methyl sites for hydroxylation is 1. The number of rotatable bonds is 4. The molecule has 1 saturated heterocycles. The first-order valence-corrected chi connectivity index (χ1v) is 14.6. The molecule has 41 heavy (non-hydrogen) atoms. The number of aromatic nitrogens is 2. The lowest BCUT2D eigenvalue weighted by Gasteiger charge is -2.40. The lowest BCUT2D eigenvalue weighted by molar-refractivity contribution is -0.128. The summed E-state index contributed by atoms with van der Waals surface area (Å²) in [6.07, 6.45) is 2.91. The highest BCUT2D eigenvalue weighted by Gasteiger charge is 2.69. The number of nitrogens with one attached hydrogen (secondary N) is 1. The lowest BCUT2D eigenvalue weighted by atomic mass is 9.70. The number of anilines is 1. The second-order valence-corrected chi connectivity index (χ2v) is 12.5. The maximum Gasteiger partial charge on any atom is 0.335 e. The monoisotopic (exact) mass is 590 g/mol. The first-order chi connectivity index (χ1) is 19.8. The largest absolute Gasteiger partial charge is 0.478 e. The van der Waals surface area contributed by atoms with Gasteiger partial charge < -0.3 is 15.0 Å². The Morgan fingerprint density at radius 2 is 1.95 bits per heavy atom. The highest BCUT2D eigenvalue weighted by molar-refractivity contribution is 6.31. The molecule has 0 radical (unpaired) electrons. The van der Waals surface area contributed by atoms with E-state index in [2.05, 4.69) is 14.8 Å². The maximum atomic E-state index is 16.1. The number of halogens is 3. The molecule has 2 fully saturated rings. The minimum Gasteiger partial charge on any atom is -0.478 e. The molecule has 4 aliphatic rings. The predicted octanol–water partition coefficient (Wildman–Crippen LogP) is 6.39. The van der Waals surface area contributed by atoms with Crippen LogP contribution in [0, 0.1) is 11.7 Å². The molecule has 3 aromatic carbocycles. The molecule has 0 unspecified atom stereocenters. The molecular weight excluding hydrogens is 566 g/mol. The molecule has 4 aromatic rings. The van der Waals surface area contributed by atoms with Gasteiger partial charge in [0.2, 0.25) is 5.91 Å². The Morgan fingerprint density at radius 3 is 2.73 bits per heavy atom. The average molecular weight is 591 g/mol. The van der Waals surface area contributed by atoms with Gasteiger partial charge in [-0.05, 0) is 67.1 Å². The zero-order valence-corrected chi connectivity index (χ0v) is 23.3. The SMILES string of the molecule is O=C(O)c1ccc2c(c1)nc1n2CC[C@@H]2[C@H]1[C@H](c1cccc(Cl)c1F)[C@]1(C(=O)Nc3cc(Cl)ccc31)N2CC1CC1. The maximum absolute atomic E-state index is 16.1. The molecule has 8 rings (SSSR count). The number of amides is 1. The van der Waals surface area contributed by atoms with Gasteiger partial charge in [-0.25, -0.2) is 14.2 Å². The second kappa shape index (κ2) is 8.77. The Bertz CT molecular complexity index is 1800. The lowest BCUT2D eigenvalue weighted by Crippen LogP contribution is -2.53. The fourth-order valence-electron chi connectivity index (χ4n) is 7.73. The van der Waals surface area contributed by atoms with Crippen LogP contribution in [0.25, 0.3) is 11.0 Å². The number of benzene rings is 3. The molecule has 0 bridgehead atoms. The molecule has 7 nitrogen and oxygen atoms in total. The predicted molar refractivity (Wildman–Crippen MR) is 153 cm³/mol. The van der Waals surface area contributed by atoms with Gasteiger partial charge >= 0.3 is 5.97 Å². The van der Waals surface area contributed by atoms with Gasteiger partial charge in [0.15, 0.2) is 0 Å². The minimum absolute atomic E-state index is 0.00000926. The van der Waals surface area contributed by atoms with Crippen LogP contribution in [0.2, 0.25) is 10.0 Å². The smallest absolute Gasteiger partial charge is 0.335 e. The van der Waals surface area contributed by atoms with Crippen LogP contribution in [-0.2, 0) is 16.9 Å². The second-order valence-electron chi connectivity index (χ2n) is 11.6. The van der Waals surface area contributed by atoms with Gasteiger partial charge in [0.1, 0.15) is 17.2 Å². The molecule has 208 valence electrons. The molecule has 1 spiro atoms. The number of hydrogen-bond acceptors (Lipinski definition) is 4. The summed E-state index contributed by atoms with van der Waals surface area (Å²) in [5.41, 5.74) is 2.13. The molecule has 1 saturated carbocycles.